The molecule has 0 heterocycles. The molecule has 0 aliphatic heterocycles. The summed E-state index contributed by atoms with van der Waals surface area (Å²) in [4.78, 5) is 2.04. The molecule has 2 rings (SSSR count). The van der Waals surface area contributed by atoms with Gasteiger partial charge in [-0.3, -0.25) is 4.90 Å². The van der Waals surface area contributed by atoms with Crippen molar-refractivity contribution < 1.29 is 9.84 Å². The van der Waals surface area contributed by atoms with Gasteiger partial charge in [-0.15, -0.1) is 23.2 Å². The van der Waals surface area contributed by atoms with Gasteiger partial charge in [0.15, 0.2) is 0 Å². The highest BCUT2D eigenvalue weighted by atomic mass is 35.5. The van der Waals surface area contributed by atoms with Crippen LogP contribution in [0.2, 0.25) is 0 Å². The average molecular weight is 342 g/mol. The smallest absolute Gasteiger partial charge is 0.127 e. The molecule has 2 aromatic carbocycles. The molecule has 0 radical (unpaired) electrons. The number of hydrogen-bond donors (Lipinski definition) is 1. The highest BCUT2D eigenvalue weighted by Crippen LogP contribution is 2.25. The predicted molar refractivity (Wildman–Crippen MR) is 93.3 cm³/mol. The van der Waals surface area contributed by atoms with Gasteiger partial charge in [0.25, 0.3) is 0 Å². The molecule has 22 heavy (non-hydrogen) atoms. The highest BCUT2D eigenvalue weighted by molar-refractivity contribution is 6.18. The maximum absolute atomic E-state index is 10.2. The van der Waals surface area contributed by atoms with Crippen molar-refractivity contribution in [3.8, 4) is 5.75 Å². The third-order valence-corrected chi connectivity index (χ3v) is 3.79. The summed E-state index contributed by atoms with van der Waals surface area (Å²) >= 11 is 11.5. The summed E-state index contributed by atoms with van der Waals surface area (Å²) in [5.74, 6) is 1.83. The number of ether oxygens (including phenoxy) is 1. The Kier molecular flexibility index (Phi) is 7.26. The quantitative estimate of drug-likeness (QED) is 0.710. The first-order valence-electron chi connectivity index (χ1n) is 7.37. The molecule has 0 aliphatic rings. The maximum atomic E-state index is 10.2. The Balaban J connectivity index is 1.93. The monoisotopic (exact) mass is 341 g/mol. The van der Waals surface area contributed by atoms with Crippen LogP contribution >= 0.6 is 23.2 Å². The van der Waals surface area contributed by atoms with Crippen LogP contribution in [0.15, 0.2) is 42.5 Å². The highest BCUT2D eigenvalue weighted by Gasteiger charge is 2.12. The van der Waals surface area contributed by atoms with Crippen molar-refractivity contribution in [2.45, 2.75) is 6.10 Å². The third-order valence-electron chi connectivity index (χ3n) is 3.45. The Morgan fingerprint density at radius 1 is 1.00 bits per heavy atom. The zero-order chi connectivity index (χ0) is 15.8. The SMILES string of the molecule is O[C@@H](COc1cccc2ccccc12)CN(CCCl)CCCl. The number of hydrogen-bond acceptors (Lipinski definition) is 3. The van der Waals surface area contributed by atoms with Crippen molar-refractivity contribution in [3.63, 3.8) is 0 Å². The first kappa shape index (κ1) is 17.4. The topological polar surface area (TPSA) is 32.7 Å². The lowest BCUT2D eigenvalue weighted by Crippen LogP contribution is -2.37. The summed E-state index contributed by atoms with van der Waals surface area (Å²) in [5.41, 5.74) is 0. The van der Waals surface area contributed by atoms with Gasteiger partial charge < -0.3 is 9.84 Å². The standard InChI is InChI=1S/C17H21Cl2NO2/c18-8-10-20(11-9-19)12-15(21)13-22-17-7-3-5-14-4-1-2-6-16(14)17/h1-7,15,21H,8-13H2/t15-/m1/s1. The van der Waals surface area contributed by atoms with E-state index in [1.165, 1.54) is 0 Å². The fraction of sp³-hybridized carbons (Fsp3) is 0.412. The molecule has 120 valence electrons. The number of nitrogens with zero attached hydrogens (tertiary/aromatic N) is 1. The lowest BCUT2D eigenvalue weighted by molar-refractivity contribution is 0.0727. The summed E-state index contributed by atoms with van der Waals surface area (Å²) in [5, 5.41) is 12.3. The van der Waals surface area contributed by atoms with Crippen molar-refractivity contribution in [2.75, 3.05) is 38.0 Å². The van der Waals surface area contributed by atoms with Crippen molar-refractivity contribution >= 4 is 34.0 Å². The summed E-state index contributed by atoms with van der Waals surface area (Å²) < 4.78 is 5.80. The number of aliphatic hydroxyl groups is 1. The average Bonchev–Trinajstić information content (AvgIpc) is 2.53. The zero-order valence-corrected chi connectivity index (χ0v) is 13.9. The van der Waals surface area contributed by atoms with E-state index in [2.05, 4.69) is 0 Å². The lowest BCUT2D eigenvalue weighted by Gasteiger charge is -2.23. The number of halogens is 2. The predicted octanol–water partition coefficient (Wildman–Crippen LogP) is 3.36. The second-order valence-electron chi connectivity index (χ2n) is 5.12. The van der Waals surface area contributed by atoms with Crippen molar-refractivity contribution in [3.05, 3.63) is 42.5 Å². The Morgan fingerprint density at radius 3 is 2.41 bits per heavy atom. The van der Waals surface area contributed by atoms with E-state index in [9.17, 15) is 5.11 Å². The van der Waals surface area contributed by atoms with Gasteiger partial charge in [-0.2, -0.15) is 0 Å². The molecular weight excluding hydrogens is 321 g/mol. The van der Waals surface area contributed by atoms with E-state index in [1.807, 2.05) is 47.4 Å². The van der Waals surface area contributed by atoms with E-state index in [-0.39, 0.29) is 6.61 Å². The first-order chi connectivity index (χ1) is 10.7. The fourth-order valence-corrected chi connectivity index (χ4v) is 2.87. The molecule has 0 aromatic heterocycles. The Labute approximate surface area is 141 Å². The Hall–Kier alpha value is -1.000. The van der Waals surface area contributed by atoms with E-state index in [1.54, 1.807) is 0 Å². The van der Waals surface area contributed by atoms with Crippen LogP contribution in [0.5, 0.6) is 5.75 Å². The largest absolute Gasteiger partial charge is 0.490 e. The molecule has 5 heteroatoms. The molecule has 0 spiro atoms. The summed E-state index contributed by atoms with van der Waals surface area (Å²) in [6, 6.07) is 14.0. The minimum Gasteiger partial charge on any atom is -0.490 e. The van der Waals surface area contributed by atoms with Crippen molar-refractivity contribution in [2.24, 2.45) is 0 Å². The van der Waals surface area contributed by atoms with Crippen LogP contribution < -0.4 is 4.74 Å². The molecule has 1 atom stereocenters. The summed E-state index contributed by atoms with van der Waals surface area (Å²) in [6.45, 7) is 2.17. The van der Waals surface area contributed by atoms with E-state index < -0.39 is 6.10 Å². The van der Waals surface area contributed by atoms with E-state index >= 15 is 0 Å². The van der Waals surface area contributed by atoms with Gasteiger partial charge in [0, 0.05) is 36.8 Å². The molecule has 0 saturated carbocycles. The van der Waals surface area contributed by atoms with Gasteiger partial charge in [-0.25, -0.2) is 0 Å². The van der Waals surface area contributed by atoms with Gasteiger partial charge in [0.1, 0.15) is 18.5 Å². The number of rotatable bonds is 9. The number of alkyl halides is 2. The molecule has 0 unspecified atom stereocenters. The van der Waals surface area contributed by atoms with Gasteiger partial charge in [0.2, 0.25) is 0 Å². The van der Waals surface area contributed by atoms with Crippen LogP contribution in [-0.2, 0) is 0 Å². The van der Waals surface area contributed by atoms with Gasteiger partial charge in [-0.05, 0) is 11.5 Å². The molecule has 0 fully saturated rings. The van der Waals surface area contributed by atoms with Gasteiger partial charge in [-0.1, -0.05) is 36.4 Å². The second kappa shape index (κ2) is 9.21. The van der Waals surface area contributed by atoms with Gasteiger partial charge in [0.05, 0.1) is 0 Å². The number of fused-ring (bicyclic) bond motifs is 1. The Bertz CT molecular complexity index is 568. The first-order valence-corrected chi connectivity index (χ1v) is 8.44. The van der Waals surface area contributed by atoms with Crippen LogP contribution in [0.1, 0.15) is 0 Å². The second-order valence-corrected chi connectivity index (χ2v) is 5.88. The van der Waals surface area contributed by atoms with E-state index in [0.29, 0.717) is 31.4 Å². The third kappa shape index (κ3) is 5.03. The molecule has 0 aliphatic carbocycles. The van der Waals surface area contributed by atoms with Crippen LogP contribution in [0, 0.1) is 0 Å². The van der Waals surface area contributed by atoms with E-state index in [0.717, 1.165) is 16.5 Å². The minimum absolute atomic E-state index is 0.245. The van der Waals surface area contributed by atoms with E-state index in [4.69, 9.17) is 27.9 Å². The zero-order valence-electron chi connectivity index (χ0n) is 12.4. The minimum atomic E-state index is -0.578. The molecule has 0 amide bonds. The number of benzene rings is 2. The number of aliphatic hydroxyl groups excluding tert-OH is 1. The molecule has 2 aromatic rings. The fourth-order valence-electron chi connectivity index (χ4n) is 2.39. The van der Waals surface area contributed by atoms with Gasteiger partial charge >= 0.3 is 0 Å². The Morgan fingerprint density at radius 2 is 1.68 bits per heavy atom. The molecule has 0 saturated heterocycles. The maximum Gasteiger partial charge on any atom is 0.127 e. The molecule has 0 bridgehead atoms. The summed E-state index contributed by atoms with van der Waals surface area (Å²) in [6.07, 6.45) is -0.578. The molecule has 1 N–H and O–H groups in total. The van der Waals surface area contributed by atoms with Crippen LogP contribution in [0.4, 0.5) is 0 Å². The summed E-state index contributed by atoms with van der Waals surface area (Å²) in [7, 11) is 0. The van der Waals surface area contributed by atoms with Crippen molar-refractivity contribution in [1.82, 2.24) is 4.90 Å². The van der Waals surface area contributed by atoms with Crippen molar-refractivity contribution in [1.29, 1.82) is 0 Å². The van der Waals surface area contributed by atoms with Crippen LogP contribution in [0.3, 0.4) is 0 Å². The molecule has 3 nitrogen and oxygen atoms in total. The molecular formula is C17H21Cl2NO2. The van der Waals surface area contributed by atoms with Crippen LogP contribution in [-0.4, -0.2) is 54.1 Å². The normalized spacial score (nSPS) is 12.7. The lowest BCUT2D eigenvalue weighted by atomic mass is 10.1. The van der Waals surface area contributed by atoms with Crippen LogP contribution in [0.25, 0.3) is 10.8 Å².